The van der Waals surface area contributed by atoms with E-state index in [1.54, 1.807) is 0 Å². The lowest BCUT2D eigenvalue weighted by Crippen LogP contribution is -2.07. The monoisotopic (exact) mass is 279 g/mol. The Kier molecular flexibility index (Phi) is 3.07. The average molecular weight is 279 g/mol. The van der Waals surface area contributed by atoms with Crippen LogP contribution in [0.1, 0.15) is 5.82 Å². The lowest BCUT2D eigenvalue weighted by atomic mass is 10.3. The smallest absolute Gasteiger partial charge is 0.428 e. The minimum atomic E-state index is -4.65. The fourth-order valence-corrected chi connectivity index (χ4v) is 1.62. The van der Waals surface area contributed by atoms with Gasteiger partial charge in [-0.2, -0.15) is 22.5 Å². The number of rotatable bonds is 2. The van der Waals surface area contributed by atoms with E-state index in [4.69, 9.17) is 10.5 Å². The van der Waals surface area contributed by atoms with E-state index in [1.807, 2.05) is 0 Å². The standard InChI is InChI=1S/C9H5F4N3OS/c10-4-1-2-5(14)6(3-4)17-8-15-7(16-18-8)9(11,12)13/h1-3H,14H2. The lowest BCUT2D eigenvalue weighted by Gasteiger charge is -2.04. The number of hydrogen-bond acceptors (Lipinski definition) is 5. The maximum atomic E-state index is 12.9. The van der Waals surface area contributed by atoms with E-state index in [1.165, 1.54) is 6.07 Å². The average Bonchev–Trinajstić information content (AvgIpc) is 2.71. The molecule has 0 aliphatic heterocycles. The van der Waals surface area contributed by atoms with Crippen LogP contribution in [0.4, 0.5) is 23.2 Å². The quantitative estimate of drug-likeness (QED) is 0.678. The van der Waals surface area contributed by atoms with Gasteiger partial charge in [-0.3, -0.25) is 0 Å². The van der Waals surface area contributed by atoms with Crippen LogP contribution in [-0.2, 0) is 6.18 Å². The predicted octanol–water partition coefficient (Wildman–Crippen LogP) is 3.07. The summed E-state index contributed by atoms with van der Waals surface area (Å²) in [6.07, 6.45) is -4.65. The van der Waals surface area contributed by atoms with Crippen LogP contribution < -0.4 is 10.5 Å². The van der Waals surface area contributed by atoms with Crippen LogP contribution in [0.5, 0.6) is 10.9 Å². The van der Waals surface area contributed by atoms with Crippen LogP contribution in [0.3, 0.4) is 0 Å². The summed E-state index contributed by atoms with van der Waals surface area (Å²) in [5.74, 6) is -2.04. The molecule has 96 valence electrons. The van der Waals surface area contributed by atoms with Crippen molar-refractivity contribution in [3.63, 3.8) is 0 Å². The van der Waals surface area contributed by atoms with Crippen LogP contribution >= 0.6 is 11.5 Å². The van der Waals surface area contributed by atoms with Gasteiger partial charge in [0.05, 0.1) is 5.69 Å². The van der Waals surface area contributed by atoms with E-state index in [2.05, 4.69) is 9.36 Å². The van der Waals surface area contributed by atoms with Gasteiger partial charge in [0.15, 0.2) is 5.75 Å². The number of nitrogen functional groups attached to an aromatic ring is 1. The summed E-state index contributed by atoms with van der Waals surface area (Å²) in [6.45, 7) is 0. The molecule has 4 nitrogen and oxygen atoms in total. The first-order chi connectivity index (χ1) is 8.36. The number of anilines is 1. The molecule has 0 unspecified atom stereocenters. The molecule has 9 heteroatoms. The molecule has 1 aromatic carbocycles. The molecule has 0 saturated carbocycles. The predicted molar refractivity (Wildman–Crippen MR) is 55.8 cm³/mol. The maximum absolute atomic E-state index is 12.9. The Morgan fingerprint density at radius 1 is 1.28 bits per heavy atom. The highest BCUT2D eigenvalue weighted by Crippen LogP contribution is 2.33. The number of hydrogen-bond donors (Lipinski definition) is 1. The second-order valence-corrected chi connectivity index (χ2v) is 3.88. The van der Waals surface area contributed by atoms with Gasteiger partial charge < -0.3 is 10.5 Å². The first-order valence-corrected chi connectivity index (χ1v) is 5.27. The molecule has 0 bridgehead atoms. The Morgan fingerprint density at radius 3 is 2.61 bits per heavy atom. The number of nitrogens with two attached hydrogens (primary N) is 1. The molecule has 2 rings (SSSR count). The summed E-state index contributed by atoms with van der Waals surface area (Å²) < 4.78 is 57.6. The van der Waals surface area contributed by atoms with Gasteiger partial charge >= 0.3 is 6.18 Å². The molecular formula is C9H5F4N3OS. The highest BCUT2D eigenvalue weighted by Gasteiger charge is 2.36. The maximum Gasteiger partial charge on any atom is 0.452 e. The third-order valence-electron chi connectivity index (χ3n) is 1.83. The fraction of sp³-hybridized carbons (Fsp3) is 0.111. The third-order valence-corrected chi connectivity index (χ3v) is 2.43. The van der Waals surface area contributed by atoms with Crippen LogP contribution in [0.15, 0.2) is 18.2 Å². The van der Waals surface area contributed by atoms with Gasteiger partial charge in [-0.05, 0) is 12.1 Å². The largest absolute Gasteiger partial charge is 0.452 e. The lowest BCUT2D eigenvalue weighted by molar-refractivity contribution is -0.144. The minimum Gasteiger partial charge on any atom is -0.428 e. The van der Waals surface area contributed by atoms with Crippen molar-refractivity contribution in [2.75, 3.05) is 5.73 Å². The summed E-state index contributed by atoms with van der Waals surface area (Å²) >= 11 is 0.404. The summed E-state index contributed by atoms with van der Waals surface area (Å²) in [6, 6.07) is 3.28. The molecule has 0 aliphatic rings. The van der Waals surface area contributed by atoms with Crippen molar-refractivity contribution < 1.29 is 22.3 Å². The number of nitrogens with zero attached hydrogens (tertiary/aromatic N) is 2. The zero-order valence-corrected chi connectivity index (χ0v) is 9.35. The molecular weight excluding hydrogens is 274 g/mol. The van der Waals surface area contributed by atoms with Gasteiger partial charge in [0.2, 0.25) is 0 Å². The van der Waals surface area contributed by atoms with Crippen molar-refractivity contribution >= 4 is 17.2 Å². The summed E-state index contributed by atoms with van der Waals surface area (Å²) in [5, 5.41) is -0.361. The SMILES string of the molecule is Nc1ccc(F)cc1Oc1nc(C(F)(F)F)ns1. The van der Waals surface area contributed by atoms with Gasteiger partial charge in [0, 0.05) is 17.6 Å². The molecule has 0 fully saturated rings. The number of benzene rings is 1. The first kappa shape index (κ1) is 12.6. The van der Waals surface area contributed by atoms with E-state index < -0.39 is 17.8 Å². The molecule has 0 saturated heterocycles. The van der Waals surface area contributed by atoms with Crippen LogP contribution in [0.25, 0.3) is 0 Å². The molecule has 0 aliphatic carbocycles. The Balaban J connectivity index is 2.24. The van der Waals surface area contributed by atoms with Gasteiger partial charge in [0.25, 0.3) is 11.0 Å². The van der Waals surface area contributed by atoms with E-state index >= 15 is 0 Å². The van der Waals surface area contributed by atoms with Crippen molar-refractivity contribution in [3.8, 4) is 10.9 Å². The molecule has 1 heterocycles. The Labute approximate surface area is 102 Å². The fourth-order valence-electron chi connectivity index (χ4n) is 1.06. The van der Waals surface area contributed by atoms with E-state index in [0.717, 1.165) is 12.1 Å². The first-order valence-electron chi connectivity index (χ1n) is 4.50. The summed E-state index contributed by atoms with van der Waals surface area (Å²) in [4.78, 5) is 3.13. The van der Waals surface area contributed by atoms with Gasteiger partial charge in [-0.15, -0.1) is 0 Å². The third kappa shape index (κ3) is 2.67. The number of alkyl halides is 3. The van der Waals surface area contributed by atoms with Crippen LogP contribution in [-0.4, -0.2) is 9.36 Å². The second-order valence-electron chi connectivity index (χ2n) is 3.17. The molecule has 0 radical (unpaired) electrons. The molecule has 0 spiro atoms. The number of aromatic nitrogens is 2. The van der Waals surface area contributed by atoms with Crippen molar-refractivity contribution in [3.05, 3.63) is 29.8 Å². The van der Waals surface area contributed by atoms with Crippen molar-refractivity contribution in [2.24, 2.45) is 0 Å². The van der Waals surface area contributed by atoms with Crippen LogP contribution in [0.2, 0.25) is 0 Å². The zero-order valence-electron chi connectivity index (χ0n) is 8.53. The van der Waals surface area contributed by atoms with E-state index in [0.29, 0.717) is 11.5 Å². The Bertz CT molecular complexity index is 569. The van der Waals surface area contributed by atoms with Crippen molar-refractivity contribution in [1.29, 1.82) is 0 Å². The van der Waals surface area contributed by atoms with Crippen molar-refractivity contribution in [1.82, 2.24) is 9.36 Å². The zero-order chi connectivity index (χ0) is 13.3. The summed E-state index contributed by atoms with van der Waals surface area (Å²) in [5.41, 5.74) is 5.56. The molecule has 0 atom stereocenters. The molecule has 0 amide bonds. The van der Waals surface area contributed by atoms with Crippen molar-refractivity contribution in [2.45, 2.75) is 6.18 Å². The van der Waals surface area contributed by atoms with Gasteiger partial charge in [-0.1, -0.05) is 0 Å². The highest BCUT2D eigenvalue weighted by molar-refractivity contribution is 7.07. The topological polar surface area (TPSA) is 61.0 Å². The Morgan fingerprint density at radius 2 is 2.00 bits per heavy atom. The number of halogens is 4. The molecule has 2 N–H and O–H groups in total. The highest BCUT2D eigenvalue weighted by atomic mass is 32.1. The van der Waals surface area contributed by atoms with E-state index in [9.17, 15) is 17.6 Å². The van der Waals surface area contributed by atoms with Gasteiger partial charge in [-0.25, -0.2) is 4.39 Å². The molecule has 2 aromatic rings. The summed E-state index contributed by atoms with van der Waals surface area (Å²) in [7, 11) is 0. The molecule has 18 heavy (non-hydrogen) atoms. The van der Waals surface area contributed by atoms with E-state index in [-0.39, 0.29) is 16.6 Å². The normalized spacial score (nSPS) is 11.6. The number of ether oxygens (including phenoxy) is 1. The minimum absolute atomic E-state index is 0.0835. The van der Waals surface area contributed by atoms with Gasteiger partial charge in [0.1, 0.15) is 5.82 Å². The second kappa shape index (κ2) is 4.41. The Hall–Kier alpha value is -1.90. The van der Waals surface area contributed by atoms with Crippen LogP contribution in [0, 0.1) is 5.82 Å². The molecule has 1 aromatic heterocycles.